The zero-order valence-electron chi connectivity index (χ0n) is 8.69. The number of nitrogens with zero attached hydrogens (tertiary/aromatic N) is 3. The number of hydrogen-bond donors (Lipinski definition) is 1. The van der Waals surface area contributed by atoms with Gasteiger partial charge in [0.25, 0.3) is 5.91 Å². The van der Waals surface area contributed by atoms with Gasteiger partial charge in [-0.2, -0.15) is 0 Å². The Balaban J connectivity index is 2.24. The van der Waals surface area contributed by atoms with E-state index in [0.717, 1.165) is 4.47 Å². The molecule has 8 heteroatoms. The first-order valence-corrected chi connectivity index (χ1v) is 6.21. The average molecular weight is 348 g/mol. The van der Waals surface area contributed by atoms with Crippen LogP contribution in [-0.4, -0.2) is 20.9 Å². The minimum absolute atomic E-state index is 0.0699. The van der Waals surface area contributed by atoms with Crippen molar-refractivity contribution in [3.63, 3.8) is 0 Å². The fourth-order valence-corrected chi connectivity index (χ4v) is 1.78. The van der Waals surface area contributed by atoms with Crippen LogP contribution in [0.25, 0.3) is 0 Å². The van der Waals surface area contributed by atoms with Crippen molar-refractivity contribution in [3.8, 4) is 0 Å². The van der Waals surface area contributed by atoms with Gasteiger partial charge in [0, 0.05) is 10.7 Å². The molecule has 5 nitrogen and oxygen atoms in total. The molecule has 0 fully saturated rings. The SMILES string of the molecule is O=C(Nc1c(Cl)ncnc1Cl)c1ccc(Br)cn1. The van der Waals surface area contributed by atoms with E-state index < -0.39 is 5.91 Å². The van der Waals surface area contributed by atoms with Crippen LogP contribution in [0.2, 0.25) is 10.3 Å². The van der Waals surface area contributed by atoms with Gasteiger partial charge in [0.2, 0.25) is 0 Å². The summed E-state index contributed by atoms with van der Waals surface area (Å²) >= 11 is 14.8. The number of anilines is 1. The molecule has 0 aliphatic heterocycles. The van der Waals surface area contributed by atoms with Gasteiger partial charge in [-0.3, -0.25) is 4.79 Å². The molecule has 0 bridgehead atoms. The lowest BCUT2D eigenvalue weighted by Gasteiger charge is -2.06. The van der Waals surface area contributed by atoms with Crippen molar-refractivity contribution in [2.45, 2.75) is 0 Å². The quantitative estimate of drug-likeness (QED) is 0.847. The normalized spacial score (nSPS) is 10.2. The maximum atomic E-state index is 11.9. The number of rotatable bonds is 2. The van der Waals surface area contributed by atoms with E-state index in [1.165, 1.54) is 12.5 Å². The van der Waals surface area contributed by atoms with E-state index >= 15 is 0 Å². The van der Waals surface area contributed by atoms with Gasteiger partial charge in [-0.1, -0.05) is 23.2 Å². The molecule has 0 aromatic carbocycles. The van der Waals surface area contributed by atoms with Crippen LogP contribution < -0.4 is 5.32 Å². The summed E-state index contributed by atoms with van der Waals surface area (Å²) in [6, 6.07) is 3.26. The van der Waals surface area contributed by atoms with Crippen molar-refractivity contribution >= 4 is 50.7 Å². The predicted molar refractivity (Wildman–Crippen MR) is 71.9 cm³/mol. The van der Waals surface area contributed by atoms with Gasteiger partial charge in [0.15, 0.2) is 10.3 Å². The van der Waals surface area contributed by atoms with Crippen molar-refractivity contribution in [1.29, 1.82) is 0 Å². The van der Waals surface area contributed by atoms with Gasteiger partial charge in [0.05, 0.1) is 0 Å². The number of hydrogen-bond acceptors (Lipinski definition) is 4. The first kappa shape index (κ1) is 13.2. The number of carbonyl (C=O) groups is 1. The minimum atomic E-state index is -0.443. The third-order valence-electron chi connectivity index (χ3n) is 1.95. The second kappa shape index (κ2) is 5.60. The fraction of sp³-hybridized carbons (Fsp3) is 0. The number of nitrogens with one attached hydrogen (secondary N) is 1. The summed E-state index contributed by atoms with van der Waals surface area (Å²) in [5.41, 5.74) is 0.393. The van der Waals surface area contributed by atoms with Crippen LogP contribution in [0.15, 0.2) is 29.1 Å². The number of carbonyl (C=O) groups excluding carboxylic acids is 1. The second-order valence-electron chi connectivity index (χ2n) is 3.15. The van der Waals surface area contributed by atoms with Crippen molar-refractivity contribution in [2.24, 2.45) is 0 Å². The molecule has 2 rings (SSSR count). The van der Waals surface area contributed by atoms with Crippen LogP contribution in [0.4, 0.5) is 5.69 Å². The lowest BCUT2D eigenvalue weighted by atomic mass is 10.3. The van der Waals surface area contributed by atoms with Gasteiger partial charge in [-0.05, 0) is 28.1 Å². The summed E-state index contributed by atoms with van der Waals surface area (Å²) in [6.45, 7) is 0. The predicted octanol–water partition coefficient (Wildman–Crippen LogP) is 3.19. The Morgan fingerprint density at radius 3 is 2.39 bits per heavy atom. The largest absolute Gasteiger partial charge is 0.315 e. The van der Waals surface area contributed by atoms with E-state index in [-0.39, 0.29) is 21.7 Å². The van der Waals surface area contributed by atoms with Crippen LogP contribution in [0.5, 0.6) is 0 Å². The Morgan fingerprint density at radius 1 is 1.17 bits per heavy atom. The summed E-state index contributed by atoms with van der Waals surface area (Å²) < 4.78 is 0.776. The minimum Gasteiger partial charge on any atom is -0.315 e. The number of amides is 1. The average Bonchev–Trinajstić information content (AvgIpc) is 2.34. The highest BCUT2D eigenvalue weighted by Gasteiger charge is 2.13. The lowest BCUT2D eigenvalue weighted by molar-refractivity contribution is 0.102. The number of halogens is 3. The van der Waals surface area contributed by atoms with Gasteiger partial charge in [0.1, 0.15) is 17.7 Å². The summed E-state index contributed by atoms with van der Waals surface area (Å²) in [5.74, 6) is -0.443. The highest BCUT2D eigenvalue weighted by molar-refractivity contribution is 9.10. The summed E-state index contributed by atoms with van der Waals surface area (Å²) in [4.78, 5) is 23.3. The maximum Gasteiger partial charge on any atom is 0.274 e. The highest BCUT2D eigenvalue weighted by atomic mass is 79.9. The molecular formula is C10H5BrCl2N4O. The first-order valence-electron chi connectivity index (χ1n) is 4.67. The van der Waals surface area contributed by atoms with E-state index in [2.05, 4.69) is 36.2 Å². The molecule has 2 heterocycles. The van der Waals surface area contributed by atoms with Gasteiger partial charge >= 0.3 is 0 Å². The molecule has 0 radical (unpaired) electrons. The monoisotopic (exact) mass is 346 g/mol. The number of pyridine rings is 1. The molecule has 0 saturated heterocycles. The van der Waals surface area contributed by atoms with Gasteiger partial charge < -0.3 is 5.32 Å². The van der Waals surface area contributed by atoms with E-state index in [1.54, 1.807) is 12.1 Å². The fourth-order valence-electron chi connectivity index (χ4n) is 1.14. The summed E-state index contributed by atoms with van der Waals surface area (Å²) in [5, 5.41) is 2.65. The molecule has 0 spiro atoms. The molecule has 18 heavy (non-hydrogen) atoms. The van der Waals surface area contributed by atoms with E-state index in [4.69, 9.17) is 23.2 Å². The third-order valence-corrected chi connectivity index (χ3v) is 3.00. The van der Waals surface area contributed by atoms with Crippen molar-refractivity contribution < 1.29 is 4.79 Å². The standard InChI is InChI=1S/C10H5BrCl2N4O/c11-5-1-2-6(14-3-5)10(18)17-7-8(12)15-4-16-9(7)13/h1-4H,(H,17,18). The molecule has 0 atom stereocenters. The molecule has 0 unspecified atom stereocenters. The Hall–Kier alpha value is -1.24. The zero-order chi connectivity index (χ0) is 13.1. The maximum absolute atomic E-state index is 11.9. The Bertz CT molecular complexity index is 571. The zero-order valence-corrected chi connectivity index (χ0v) is 11.8. The molecular weight excluding hydrogens is 343 g/mol. The first-order chi connectivity index (χ1) is 8.58. The van der Waals surface area contributed by atoms with Crippen LogP contribution in [0, 0.1) is 0 Å². The van der Waals surface area contributed by atoms with Gasteiger partial charge in [-0.25, -0.2) is 15.0 Å². The van der Waals surface area contributed by atoms with Crippen molar-refractivity contribution in [2.75, 3.05) is 5.32 Å². The molecule has 92 valence electrons. The highest BCUT2D eigenvalue weighted by Crippen LogP contribution is 2.26. The van der Waals surface area contributed by atoms with Crippen molar-refractivity contribution in [1.82, 2.24) is 15.0 Å². The molecule has 1 amide bonds. The van der Waals surface area contributed by atoms with E-state index in [1.807, 2.05) is 0 Å². The van der Waals surface area contributed by atoms with Crippen LogP contribution in [0.1, 0.15) is 10.5 Å². The molecule has 1 N–H and O–H groups in total. The molecule has 2 aromatic rings. The second-order valence-corrected chi connectivity index (χ2v) is 4.78. The topological polar surface area (TPSA) is 67.8 Å². The number of aromatic nitrogens is 3. The lowest BCUT2D eigenvalue weighted by Crippen LogP contribution is -2.14. The van der Waals surface area contributed by atoms with Crippen LogP contribution in [-0.2, 0) is 0 Å². The Morgan fingerprint density at radius 2 is 1.83 bits per heavy atom. The van der Waals surface area contributed by atoms with Crippen LogP contribution in [0.3, 0.4) is 0 Å². The molecule has 2 aromatic heterocycles. The Kier molecular flexibility index (Phi) is 4.11. The third kappa shape index (κ3) is 2.95. The van der Waals surface area contributed by atoms with Crippen LogP contribution >= 0.6 is 39.1 Å². The molecule has 0 saturated carbocycles. The smallest absolute Gasteiger partial charge is 0.274 e. The van der Waals surface area contributed by atoms with E-state index in [0.29, 0.717) is 0 Å². The van der Waals surface area contributed by atoms with Gasteiger partial charge in [-0.15, -0.1) is 0 Å². The molecule has 0 aliphatic carbocycles. The van der Waals surface area contributed by atoms with Crippen molar-refractivity contribution in [3.05, 3.63) is 45.1 Å². The summed E-state index contributed by atoms with van der Waals surface area (Å²) in [6.07, 6.45) is 2.72. The van der Waals surface area contributed by atoms with E-state index in [9.17, 15) is 4.79 Å². The molecule has 0 aliphatic rings. The Labute approximate surface area is 121 Å². The summed E-state index contributed by atoms with van der Waals surface area (Å²) in [7, 11) is 0.